The third-order valence-corrected chi connectivity index (χ3v) is 3.04. The Balaban J connectivity index is 3.22. The van der Waals surface area contributed by atoms with E-state index in [0.29, 0.717) is 6.42 Å². The Kier molecular flexibility index (Phi) is 8.07. The fourth-order valence-electron chi connectivity index (χ4n) is 2.17. The van der Waals surface area contributed by atoms with E-state index < -0.39 is 57.7 Å². The summed E-state index contributed by atoms with van der Waals surface area (Å²) in [6.07, 6.45) is -9.14. The zero-order valence-electron chi connectivity index (χ0n) is 13.5. The molecule has 0 amide bonds. The van der Waals surface area contributed by atoms with Crippen molar-refractivity contribution in [2.24, 2.45) is 0 Å². The van der Waals surface area contributed by atoms with E-state index >= 15 is 0 Å². The Morgan fingerprint density at radius 2 is 1.33 bits per heavy atom. The van der Waals surface area contributed by atoms with Gasteiger partial charge in [-0.3, -0.25) is 0 Å². The van der Waals surface area contributed by atoms with Crippen molar-refractivity contribution in [1.29, 1.82) is 0 Å². The molecule has 18 heteroatoms. The van der Waals surface area contributed by atoms with Crippen LogP contribution in [0.2, 0.25) is 0 Å². The van der Waals surface area contributed by atoms with Crippen LogP contribution in [0.25, 0.3) is 0 Å². The SMILES string of the molecule is CCCO[C@@H]1O[C@H](CO[N+](=O)[O-])[C@@H](O[N+](=O)[O-])[C@H](O[N+](=O)[O-])[C@H]1O[N+](=O)[O-]. The van der Waals surface area contributed by atoms with Crippen LogP contribution < -0.4 is 0 Å². The van der Waals surface area contributed by atoms with Crippen molar-refractivity contribution in [3.05, 3.63) is 40.5 Å². The van der Waals surface area contributed by atoms with E-state index in [4.69, 9.17) is 9.47 Å². The molecule has 0 unspecified atom stereocenters. The van der Waals surface area contributed by atoms with Gasteiger partial charge in [-0.2, -0.15) is 0 Å². The van der Waals surface area contributed by atoms with Crippen LogP contribution in [0.4, 0.5) is 0 Å². The molecule has 0 radical (unpaired) electrons. The van der Waals surface area contributed by atoms with Gasteiger partial charge in [0.15, 0.2) is 24.6 Å². The summed E-state index contributed by atoms with van der Waals surface area (Å²) >= 11 is 0. The standard InChI is InChI=1S/C9H14N4O14/c1-2-3-22-9-8(27-13(20)21)7(26-12(18)19)6(25-11(16)17)5(24-9)4-23-10(14)15/h5-9H,2-4H2,1H3/t5-,6-,7+,8-,9-/m1/s1. The topological polar surface area (TPSA) is 228 Å². The predicted molar refractivity (Wildman–Crippen MR) is 73.5 cm³/mol. The summed E-state index contributed by atoms with van der Waals surface area (Å²) < 4.78 is 10.3. The van der Waals surface area contributed by atoms with Gasteiger partial charge in [0.2, 0.25) is 0 Å². The summed E-state index contributed by atoms with van der Waals surface area (Å²) in [6, 6.07) is 0. The number of rotatable bonds is 12. The zero-order chi connectivity index (χ0) is 20.6. The van der Waals surface area contributed by atoms with Gasteiger partial charge in [0.1, 0.15) is 12.7 Å². The molecule has 0 aliphatic carbocycles. The van der Waals surface area contributed by atoms with Crippen molar-refractivity contribution < 1.29 is 49.2 Å². The summed E-state index contributed by atoms with van der Waals surface area (Å²) in [5.74, 6) is 0. The van der Waals surface area contributed by atoms with E-state index in [1.54, 1.807) is 6.92 Å². The van der Waals surface area contributed by atoms with Crippen molar-refractivity contribution in [1.82, 2.24) is 0 Å². The minimum atomic E-state index is -2.10. The van der Waals surface area contributed by atoms with Gasteiger partial charge in [-0.1, -0.05) is 6.92 Å². The highest BCUT2D eigenvalue weighted by Gasteiger charge is 2.53. The van der Waals surface area contributed by atoms with Crippen LogP contribution in [0.5, 0.6) is 0 Å². The molecule has 0 aromatic carbocycles. The largest absolute Gasteiger partial charge is 0.350 e. The maximum absolute atomic E-state index is 10.7. The molecule has 1 saturated heterocycles. The highest BCUT2D eigenvalue weighted by atomic mass is 17.0. The summed E-state index contributed by atoms with van der Waals surface area (Å²) in [7, 11) is 0. The molecule has 154 valence electrons. The van der Waals surface area contributed by atoms with Gasteiger partial charge >= 0.3 is 0 Å². The minimum Gasteiger partial charge on any atom is -0.350 e. The molecule has 18 nitrogen and oxygen atoms in total. The molecule has 0 spiro atoms. The lowest BCUT2D eigenvalue weighted by Gasteiger charge is -2.42. The van der Waals surface area contributed by atoms with Crippen LogP contribution in [0.3, 0.4) is 0 Å². The third kappa shape index (κ3) is 6.86. The number of nitrogens with zero attached hydrogens (tertiary/aromatic N) is 4. The van der Waals surface area contributed by atoms with Gasteiger partial charge in [-0.15, -0.1) is 40.5 Å². The van der Waals surface area contributed by atoms with Gasteiger partial charge in [0, 0.05) is 6.61 Å². The Bertz CT molecular complexity index is 559. The van der Waals surface area contributed by atoms with E-state index in [1.165, 1.54) is 0 Å². The first-order chi connectivity index (χ1) is 12.6. The molecule has 0 aromatic rings. The lowest BCUT2D eigenvalue weighted by molar-refractivity contribution is -0.825. The monoisotopic (exact) mass is 402 g/mol. The maximum atomic E-state index is 10.7. The Morgan fingerprint density at radius 3 is 1.81 bits per heavy atom. The van der Waals surface area contributed by atoms with Crippen molar-refractivity contribution in [2.75, 3.05) is 13.2 Å². The fourth-order valence-corrected chi connectivity index (χ4v) is 2.17. The Labute approximate surface area is 148 Å². The lowest BCUT2D eigenvalue weighted by atomic mass is 9.99. The first kappa shape index (κ1) is 21.8. The third-order valence-electron chi connectivity index (χ3n) is 3.04. The number of hydrogen-bond acceptors (Lipinski definition) is 14. The quantitative estimate of drug-likeness (QED) is 0.284. The average Bonchev–Trinajstić information content (AvgIpc) is 2.54. The summed E-state index contributed by atoms with van der Waals surface area (Å²) in [4.78, 5) is 59.3. The molecule has 1 aliphatic heterocycles. The second-order valence-electron chi connectivity index (χ2n) is 4.81. The van der Waals surface area contributed by atoms with E-state index in [0.717, 1.165) is 0 Å². The van der Waals surface area contributed by atoms with E-state index in [2.05, 4.69) is 19.4 Å². The molecule has 0 bridgehead atoms. The van der Waals surface area contributed by atoms with Crippen LogP contribution in [0, 0.1) is 40.5 Å². The lowest BCUT2D eigenvalue weighted by Crippen LogP contribution is -2.63. The number of hydrogen-bond donors (Lipinski definition) is 0. The summed E-state index contributed by atoms with van der Waals surface area (Å²) in [5, 5.41) is 37.1. The van der Waals surface area contributed by atoms with Gasteiger partial charge in [0.25, 0.3) is 20.3 Å². The van der Waals surface area contributed by atoms with Crippen molar-refractivity contribution >= 4 is 0 Å². The van der Waals surface area contributed by atoms with Crippen LogP contribution in [0.15, 0.2) is 0 Å². The molecule has 27 heavy (non-hydrogen) atoms. The van der Waals surface area contributed by atoms with Gasteiger partial charge in [-0.25, -0.2) is 0 Å². The molecule has 0 aromatic heterocycles. The highest BCUT2D eigenvalue weighted by molar-refractivity contribution is 4.91. The average molecular weight is 402 g/mol. The zero-order valence-corrected chi connectivity index (χ0v) is 13.5. The number of ether oxygens (including phenoxy) is 2. The predicted octanol–water partition coefficient (Wildman–Crippen LogP) is -0.923. The van der Waals surface area contributed by atoms with E-state index in [-0.39, 0.29) is 6.61 Å². The van der Waals surface area contributed by atoms with Crippen molar-refractivity contribution in [3.63, 3.8) is 0 Å². The molecule has 0 N–H and O–H groups in total. The smallest absolute Gasteiger partial charge is 0.295 e. The normalized spacial score (nSPS) is 27.2. The summed E-state index contributed by atoms with van der Waals surface area (Å²) in [6.45, 7) is 0.625. The molecular weight excluding hydrogens is 388 g/mol. The molecule has 5 atom stereocenters. The minimum absolute atomic E-state index is 0.0585. The van der Waals surface area contributed by atoms with Gasteiger partial charge < -0.3 is 28.8 Å². The second-order valence-corrected chi connectivity index (χ2v) is 4.81. The molecule has 1 fully saturated rings. The summed E-state index contributed by atoms with van der Waals surface area (Å²) in [5.41, 5.74) is 0. The first-order valence-electron chi connectivity index (χ1n) is 7.13. The molecule has 1 rings (SSSR count). The van der Waals surface area contributed by atoms with Crippen LogP contribution in [-0.2, 0) is 28.8 Å². The van der Waals surface area contributed by atoms with Crippen LogP contribution >= 0.6 is 0 Å². The van der Waals surface area contributed by atoms with Crippen molar-refractivity contribution in [3.8, 4) is 0 Å². The highest BCUT2D eigenvalue weighted by Crippen LogP contribution is 2.29. The van der Waals surface area contributed by atoms with E-state index in [9.17, 15) is 40.5 Å². The van der Waals surface area contributed by atoms with Gasteiger partial charge in [0.05, 0.1) is 0 Å². The van der Waals surface area contributed by atoms with E-state index in [1.807, 2.05) is 0 Å². The second kappa shape index (κ2) is 10.0. The van der Waals surface area contributed by atoms with Crippen molar-refractivity contribution in [2.45, 2.75) is 44.1 Å². The van der Waals surface area contributed by atoms with Gasteiger partial charge in [-0.05, 0) is 6.42 Å². The Morgan fingerprint density at radius 1 is 0.815 bits per heavy atom. The molecular formula is C9H14N4O14. The van der Waals surface area contributed by atoms with Crippen LogP contribution in [0.1, 0.15) is 13.3 Å². The Hall–Kier alpha value is -3.28. The molecule has 0 saturated carbocycles. The molecule has 1 aliphatic rings. The van der Waals surface area contributed by atoms with Crippen LogP contribution in [-0.4, -0.2) is 64.3 Å². The maximum Gasteiger partial charge on any atom is 0.295 e. The fraction of sp³-hybridized carbons (Fsp3) is 1.00. The first-order valence-corrected chi connectivity index (χ1v) is 7.13. The molecule has 1 heterocycles.